The summed E-state index contributed by atoms with van der Waals surface area (Å²) in [4.78, 5) is 24.3. The van der Waals surface area contributed by atoms with E-state index in [0.29, 0.717) is 28.7 Å². The van der Waals surface area contributed by atoms with Crippen LogP contribution in [0.4, 0.5) is 0 Å². The van der Waals surface area contributed by atoms with Gasteiger partial charge < -0.3 is 9.47 Å². The number of nitrogens with one attached hydrogen (secondary N) is 2. The minimum atomic E-state index is -0.521. The van der Waals surface area contributed by atoms with Crippen LogP contribution in [0.3, 0.4) is 0 Å². The van der Waals surface area contributed by atoms with E-state index < -0.39 is 11.8 Å². The van der Waals surface area contributed by atoms with Crippen LogP contribution < -0.4 is 20.3 Å². The Hall–Kier alpha value is -2.44. The molecule has 2 N–H and O–H groups in total. The number of carbonyl (C=O) groups is 2. The van der Waals surface area contributed by atoms with Crippen molar-refractivity contribution in [1.29, 1.82) is 0 Å². The summed E-state index contributed by atoms with van der Waals surface area (Å²) in [7, 11) is 1.49. The van der Waals surface area contributed by atoms with E-state index in [4.69, 9.17) is 32.7 Å². The molecule has 2 amide bonds. The summed E-state index contributed by atoms with van der Waals surface area (Å²) in [6.45, 7) is 2.53. The molecule has 0 saturated heterocycles. The maximum absolute atomic E-state index is 12.2. The lowest BCUT2D eigenvalue weighted by molar-refractivity contribution is 0.0846. The van der Waals surface area contributed by atoms with E-state index in [1.807, 2.05) is 6.92 Å². The normalized spacial score (nSPS) is 10.2. The van der Waals surface area contributed by atoms with Crippen molar-refractivity contribution in [3.05, 3.63) is 57.6 Å². The first-order valence-electron chi connectivity index (χ1n) is 7.82. The molecule has 0 atom stereocenters. The Kier molecular flexibility index (Phi) is 7.12. The number of methoxy groups -OCH3 is 1. The molecular weight excluding hydrogens is 379 g/mol. The van der Waals surface area contributed by atoms with E-state index in [0.717, 1.165) is 6.42 Å². The van der Waals surface area contributed by atoms with Crippen LogP contribution >= 0.6 is 23.2 Å². The van der Waals surface area contributed by atoms with Gasteiger partial charge in [0.25, 0.3) is 11.8 Å². The lowest BCUT2D eigenvalue weighted by atomic mass is 10.2. The third-order valence-electron chi connectivity index (χ3n) is 3.36. The molecule has 0 radical (unpaired) electrons. The van der Waals surface area contributed by atoms with Crippen molar-refractivity contribution in [2.75, 3.05) is 13.7 Å². The molecule has 2 aromatic rings. The second-order valence-corrected chi connectivity index (χ2v) is 6.07. The number of amides is 2. The van der Waals surface area contributed by atoms with Gasteiger partial charge in [-0.15, -0.1) is 0 Å². The molecule has 0 aliphatic carbocycles. The zero-order valence-corrected chi connectivity index (χ0v) is 15.8. The standard InChI is InChI=1S/C18H18Cl2N2O4/c1-3-8-26-15-7-5-12(10-16(15)25-2)18(24)22-21-17(23)11-4-6-13(19)14(20)9-11/h4-7,9-10H,3,8H2,1-2H3,(H,21,23)(H,22,24). The summed E-state index contributed by atoms with van der Waals surface area (Å²) >= 11 is 11.7. The van der Waals surface area contributed by atoms with Gasteiger partial charge in [0.1, 0.15) is 0 Å². The van der Waals surface area contributed by atoms with Crippen LogP contribution in [0.2, 0.25) is 10.0 Å². The monoisotopic (exact) mass is 396 g/mol. The van der Waals surface area contributed by atoms with Crippen molar-refractivity contribution >= 4 is 35.0 Å². The zero-order chi connectivity index (χ0) is 19.1. The molecule has 0 saturated carbocycles. The number of halogens is 2. The average molecular weight is 397 g/mol. The van der Waals surface area contributed by atoms with E-state index in [1.165, 1.54) is 31.4 Å². The van der Waals surface area contributed by atoms with Gasteiger partial charge in [-0.1, -0.05) is 30.1 Å². The van der Waals surface area contributed by atoms with Gasteiger partial charge in [-0.05, 0) is 42.8 Å². The van der Waals surface area contributed by atoms with E-state index in [1.54, 1.807) is 12.1 Å². The molecule has 0 fully saturated rings. The van der Waals surface area contributed by atoms with Crippen LogP contribution in [0.5, 0.6) is 11.5 Å². The highest BCUT2D eigenvalue weighted by Gasteiger charge is 2.13. The van der Waals surface area contributed by atoms with E-state index in [9.17, 15) is 9.59 Å². The van der Waals surface area contributed by atoms with Gasteiger partial charge in [0.05, 0.1) is 23.8 Å². The minimum Gasteiger partial charge on any atom is -0.493 e. The molecule has 2 aromatic carbocycles. The van der Waals surface area contributed by atoms with Crippen LogP contribution in [-0.2, 0) is 0 Å². The smallest absolute Gasteiger partial charge is 0.269 e. The largest absolute Gasteiger partial charge is 0.493 e. The summed E-state index contributed by atoms with van der Waals surface area (Å²) in [6.07, 6.45) is 0.853. The van der Waals surface area contributed by atoms with Crippen LogP contribution in [0, 0.1) is 0 Å². The van der Waals surface area contributed by atoms with Crippen molar-refractivity contribution in [1.82, 2.24) is 10.9 Å². The van der Waals surface area contributed by atoms with Crippen molar-refractivity contribution in [2.24, 2.45) is 0 Å². The highest BCUT2D eigenvalue weighted by Crippen LogP contribution is 2.28. The van der Waals surface area contributed by atoms with Crippen LogP contribution in [0.25, 0.3) is 0 Å². The second-order valence-electron chi connectivity index (χ2n) is 5.25. The molecule has 26 heavy (non-hydrogen) atoms. The molecule has 0 aliphatic rings. The van der Waals surface area contributed by atoms with Gasteiger partial charge in [-0.25, -0.2) is 0 Å². The highest BCUT2D eigenvalue weighted by atomic mass is 35.5. The topological polar surface area (TPSA) is 76.7 Å². The number of hydrogen-bond acceptors (Lipinski definition) is 4. The lowest BCUT2D eigenvalue weighted by Crippen LogP contribution is -2.41. The van der Waals surface area contributed by atoms with Crippen LogP contribution in [-0.4, -0.2) is 25.5 Å². The van der Waals surface area contributed by atoms with E-state index >= 15 is 0 Å². The van der Waals surface area contributed by atoms with E-state index in [-0.39, 0.29) is 10.6 Å². The number of hydrazine groups is 1. The molecule has 2 rings (SSSR count). The van der Waals surface area contributed by atoms with Crippen molar-refractivity contribution in [2.45, 2.75) is 13.3 Å². The quantitative estimate of drug-likeness (QED) is 0.726. The molecule has 138 valence electrons. The molecule has 0 bridgehead atoms. The summed E-state index contributed by atoms with van der Waals surface area (Å²) in [5.74, 6) is -0.0433. The van der Waals surface area contributed by atoms with Crippen molar-refractivity contribution < 1.29 is 19.1 Å². The molecule has 0 unspecified atom stereocenters. The van der Waals surface area contributed by atoms with Gasteiger partial charge in [-0.3, -0.25) is 20.4 Å². The Morgan fingerprint density at radius 2 is 1.54 bits per heavy atom. The Balaban J connectivity index is 2.02. The predicted molar refractivity (Wildman–Crippen MR) is 100 cm³/mol. The first kappa shape index (κ1) is 19.9. The van der Waals surface area contributed by atoms with Crippen LogP contribution in [0.1, 0.15) is 34.1 Å². The Morgan fingerprint density at radius 1 is 0.923 bits per heavy atom. The van der Waals surface area contributed by atoms with E-state index in [2.05, 4.69) is 10.9 Å². The maximum atomic E-state index is 12.2. The first-order chi connectivity index (χ1) is 12.5. The summed E-state index contributed by atoms with van der Waals surface area (Å²) in [5, 5.41) is 0.586. The van der Waals surface area contributed by atoms with Gasteiger partial charge in [0, 0.05) is 11.1 Å². The SMILES string of the molecule is CCCOc1ccc(C(=O)NNC(=O)c2ccc(Cl)c(Cl)c2)cc1OC. The second kappa shape index (κ2) is 9.31. The molecular formula is C18H18Cl2N2O4. The van der Waals surface area contributed by atoms with Gasteiger partial charge in [0.15, 0.2) is 11.5 Å². The number of benzene rings is 2. The molecule has 0 heterocycles. The molecule has 8 heteroatoms. The maximum Gasteiger partial charge on any atom is 0.269 e. The van der Waals surface area contributed by atoms with Crippen LogP contribution in [0.15, 0.2) is 36.4 Å². The Labute approximate surface area is 161 Å². The molecule has 6 nitrogen and oxygen atoms in total. The fourth-order valence-corrected chi connectivity index (χ4v) is 2.33. The average Bonchev–Trinajstić information content (AvgIpc) is 2.66. The third-order valence-corrected chi connectivity index (χ3v) is 4.10. The molecule has 0 aliphatic heterocycles. The third kappa shape index (κ3) is 5.03. The fourth-order valence-electron chi connectivity index (χ4n) is 2.04. The van der Waals surface area contributed by atoms with Gasteiger partial charge in [0.2, 0.25) is 0 Å². The number of carbonyl (C=O) groups excluding carboxylic acids is 2. The molecule has 0 aromatic heterocycles. The number of hydrogen-bond donors (Lipinski definition) is 2. The zero-order valence-electron chi connectivity index (χ0n) is 14.3. The first-order valence-corrected chi connectivity index (χ1v) is 8.58. The lowest BCUT2D eigenvalue weighted by Gasteiger charge is -2.12. The van der Waals surface area contributed by atoms with Gasteiger partial charge >= 0.3 is 0 Å². The minimum absolute atomic E-state index is 0.248. The van der Waals surface area contributed by atoms with Gasteiger partial charge in [-0.2, -0.15) is 0 Å². The fraction of sp³-hybridized carbons (Fsp3) is 0.222. The number of ether oxygens (including phenoxy) is 2. The predicted octanol–water partition coefficient (Wildman–Crippen LogP) is 3.87. The Morgan fingerprint density at radius 3 is 2.12 bits per heavy atom. The van der Waals surface area contributed by atoms with Crippen molar-refractivity contribution in [3.63, 3.8) is 0 Å². The summed E-state index contributed by atoms with van der Waals surface area (Å²) in [6, 6.07) is 9.16. The number of rotatable bonds is 6. The highest BCUT2D eigenvalue weighted by molar-refractivity contribution is 6.42. The Bertz CT molecular complexity index is 812. The summed E-state index contributed by atoms with van der Waals surface area (Å²) in [5.41, 5.74) is 5.22. The molecule has 0 spiro atoms. The van der Waals surface area contributed by atoms with Crippen molar-refractivity contribution in [3.8, 4) is 11.5 Å². The summed E-state index contributed by atoms with van der Waals surface area (Å²) < 4.78 is 10.8.